The second-order valence-electron chi connectivity index (χ2n) is 5.16. The van der Waals surface area contributed by atoms with Crippen molar-refractivity contribution in [3.63, 3.8) is 0 Å². The summed E-state index contributed by atoms with van der Waals surface area (Å²) in [6, 6.07) is 12.5. The Morgan fingerprint density at radius 2 is 1.79 bits per heavy atom. The Balaban J connectivity index is 1.71. The fourth-order valence-corrected chi connectivity index (χ4v) is 3.77. The normalized spacial score (nSPS) is 14.0. The van der Waals surface area contributed by atoms with Crippen LogP contribution in [0, 0.1) is 0 Å². The van der Waals surface area contributed by atoms with E-state index < -0.39 is 0 Å². The van der Waals surface area contributed by atoms with Crippen LogP contribution in [0.1, 0.15) is 15.9 Å². The van der Waals surface area contributed by atoms with E-state index in [2.05, 4.69) is 4.99 Å². The molecule has 0 fully saturated rings. The zero-order valence-electron chi connectivity index (χ0n) is 12.5. The van der Waals surface area contributed by atoms with Gasteiger partial charge in [-0.05, 0) is 35.9 Å². The first-order valence-electron chi connectivity index (χ1n) is 7.23. The fourth-order valence-electron chi connectivity index (χ4n) is 2.27. The molecule has 0 saturated heterocycles. The Hall–Kier alpha value is -1.20. The average Bonchev–Trinajstić information content (AvgIpc) is 3.04. The zero-order chi connectivity index (χ0) is 17.1. The maximum absolute atomic E-state index is 12.8. The monoisotopic (exact) mass is 398 g/mol. The van der Waals surface area contributed by atoms with Crippen LogP contribution in [0.4, 0.5) is 0 Å². The molecule has 0 spiro atoms. The summed E-state index contributed by atoms with van der Waals surface area (Å²) in [7, 11) is 0. The van der Waals surface area contributed by atoms with E-state index in [-0.39, 0.29) is 5.91 Å². The molecule has 0 saturated carbocycles. The van der Waals surface area contributed by atoms with Gasteiger partial charge in [-0.2, -0.15) is 0 Å². The molecular weight excluding hydrogens is 387 g/mol. The third-order valence-corrected chi connectivity index (χ3v) is 5.39. The van der Waals surface area contributed by atoms with E-state index in [0.29, 0.717) is 44.6 Å². The number of thioether (sulfide) groups is 1. The van der Waals surface area contributed by atoms with E-state index in [0.717, 1.165) is 5.56 Å². The molecule has 2 aromatic rings. The summed E-state index contributed by atoms with van der Waals surface area (Å²) in [4.78, 5) is 18.8. The molecule has 0 aliphatic carbocycles. The van der Waals surface area contributed by atoms with Gasteiger partial charge in [0.1, 0.15) is 0 Å². The van der Waals surface area contributed by atoms with Crippen LogP contribution in [0.15, 0.2) is 47.5 Å². The number of benzene rings is 2. The number of nitrogens with zero attached hydrogens (tertiary/aromatic N) is 2. The molecule has 0 N–H and O–H groups in total. The Morgan fingerprint density at radius 3 is 2.54 bits per heavy atom. The Labute approximate surface area is 159 Å². The predicted octanol–water partition coefficient (Wildman–Crippen LogP) is 5.39. The second kappa shape index (κ2) is 7.79. The first kappa shape index (κ1) is 17.6. The van der Waals surface area contributed by atoms with Crippen LogP contribution in [0.3, 0.4) is 0 Å². The third kappa shape index (κ3) is 4.06. The molecule has 0 bridgehead atoms. The Kier molecular flexibility index (Phi) is 5.72. The lowest BCUT2D eigenvalue weighted by atomic mass is 10.2. The van der Waals surface area contributed by atoms with Gasteiger partial charge >= 0.3 is 0 Å². The van der Waals surface area contributed by atoms with Gasteiger partial charge in [0.2, 0.25) is 0 Å². The van der Waals surface area contributed by atoms with Gasteiger partial charge < -0.3 is 0 Å². The number of aliphatic imine (C=N–C) groups is 1. The van der Waals surface area contributed by atoms with Gasteiger partial charge in [0.05, 0.1) is 17.1 Å². The summed E-state index contributed by atoms with van der Waals surface area (Å²) in [5, 5.41) is 2.27. The second-order valence-corrected chi connectivity index (χ2v) is 7.38. The van der Waals surface area contributed by atoms with Crippen LogP contribution in [-0.4, -0.2) is 29.1 Å². The lowest BCUT2D eigenvalue weighted by Crippen LogP contribution is -2.33. The molecule has 124 valence electrons. The van der Waals surface area contributed by atoms with Crippen molar-refractivity contribution in [2.75, 3.05) is 13.1 Å². The van der Waals surface area contributed by atoms with Gasteiger partial charge in [-0.3, -0.25) is 14.7 Å². The minimum Gasteiger partial charge on any atom is -0.286 e. The average molecular weight is 400 g/mol. The Bertz CT molecular complexity index is 793. The zero-order valence-corrected chi connectivity index (χ0v) is 15.6. The van der Waals surface area contributed by atoms with Crippen LogP contribution >= 0.6 is 46.6 Å². The van der Waals surface area contributed by atoms with Crippen molar-refractivity contribution < 1.29 is 4.79 Å². The predicted molar refractivity (Wildman–Crippen MR) is 103 cm³/mol. The van der Waals surface area contributed by atoms with Crippen molar-refractivity contribution in [2.24, 2.45) is 4.99 Å². The summed E-state index contributed by atoms with van der Waals surface area (Å²) in [6.45, 7) is 1.14. The first-order chi connectivity index (χ1) is 11.5. The Morgan fingerprint density at radius 1 is 1.08 bits per heavy atom. The number of amides is 1. The molecule has 2 aromatic carbocycles. The highest BCUT2D eigenvalue weighted by Crippen LogP contribution is 2.26. The summed E-state index contributed by atoms with van der Waals surface area (Å²) >= 11 is 19.5. The summed E-state index contributed by atoms with van der Waals surface area (Å²) in [5.74, 6) is 0.533. The molecular formula is C17H13Cl3N2OS. The van der Waals surface area contributed by atoms with E-state index in [1.807, 2.05) is 24.3 Å². The molecule has 1 heterocycles. The van der Waals surface area contributed by atoms with Crippen molar-refractivity contribution in [2.45, 2.75) is 5.75 Å². The fraction of sp³-hybridized carbons (Fsp3) is 0.176. The molecule has 1 amide bonds. The topological polar surface area (TPSA) is 32.7 Å². The summed E-state index contributed by atoms with van der Waals surface area (Å²) < 4.78 is 0. The molecule has 1 aliphatic rings. The van der Waals surface area contributed by atoms with Crippen LogP contribution in [0.2, 0.25) is 15.1 Å². The minimum absolute atomic E-state index is 0.178. The first-order valence-corrected chi connectivity index (χ1v) is 9.35. The number of carbonyl (C=O) groups excluding carboxylic acids is 1. The van der Waals surface area contributed by atoms with E-state index in [1.54, 1.807) is 23.1 Å². The van der Waals surface area contributed by atoms with Crippen LogP contribution in [-0.2, 0) is 5.75 Å². The summed E-state index contributed by atoms with van der Waals surface area (Å²) in [5.41, 5.74) is 1.51. The molecule has 3 nitrogen and oxygen atoms in total. The molecule has 1 aliphatic heterocycles. The number of rotatable bonds is 3. The largest absolute Gasteiger partial charge is 0.286 e. The van der Waals surface area contributed by atoms with Gasteiger partial charge in [-0.1, -0.05) is 58.7 Å². The van der Waals surface area contributed by atoms with Gasteiger partial charge in [-0.15, -0.1) is 0 Å². The molecule has 7 heteroatoms. The molecule has 24 heavy (non-hydrogen) atoms. The minimum atomic E-state index is -0.178. The van der Waals surface area contributed by atoms with Gasteiger partial charge in [0.25, 0.3) is 5.91 Å². The van der Waals surface area contributed by atoms with E-state index >= 15 is 0 Å². The van der Waals surface area contributed by atoms with Gasteiger partial charge in [0, 0.05) is 22.3 Å². The number of halogens is 3. The van der Waals surface area contributed by atoms with Gasteiger partial charge in [-0.25, -0.2) is 0 Å². The van der Waals surface area contributed by atoms with Crippen molar-refractivity contribution in [1.29, 1.82) is 0 Å². The third-order valence-electron chi connectivity index (χ3n) is 3.49. The molecule has 0 radical (unpaired) electrons. The van der Waals surface area contributed by atoms with Crippen LogP contribution in [0.25, 0.3) is 0 Å². The summed E-state index contributed by atoms with van der Waals surface area (Å²) in [6.07, 6.45) is 0. The van der Waals surface area contributed by atoms with E-state index in [4.69, 9.17) is 34.8 Å². The SMILES string of the molecule is O=C(c1cc(Cl)ccc1Cl)N1CCN=C1SCc1ccc(Cl)cc1. The highest BCUT2D eigenvalue weighted by atomic mass is 35.5. The number of amidine groups is 1. The van der Waals surface area contributed by atoms with Crippen molar-refractivity contribution >= 4 is 57.6 Å². The lowest BCUT2D eigenvalue weighted by molar-refractivity contribution is 0.0861. The van der Waals surface area contributed by atoms with Gasteiger partial charge in [0.15, 0.2) is 5.17 Å². The smallest absolute Gasteiger partial charge is 0.261 e. The molecule has 0 atom stereocenters. The van der Waals surface area contributed by atoms with Crippen LogP contribution in [0.5, 0.6) is 0 Å². The van der Waals surface area contributed by atoms with Crippen molar-refractivity contribution in [1.82, 2.24) is 4.90 Å². The highest BCUT2D eigenvalue weighted by molar-refractivity contribution is 8.13. The lowest BCUT2D eigenvalue weighted by Gasteiger charge is -2.18. The molecule has 0 unspecified atom stereocenters. The van der Waals surface area contributed by atoms with Crippen LogP contribution < -0.4 is 0 Å². The van der Waals surface area contributed by atoms with Crippen molar-refractivity contribution in [3.05, 3.63) is 68.7 Å². The van der Waals surface area contributed by atoms with E-state index in [1.165, 1.54) is 11.8 Å². The standard InChI is InChI=1S/C17H13Cl3N2OS/c18-12-3-1-11(2-4-12)10-24-17-21-7-8-22(17)16(23)14-9-13(19)5-6-15(14)20/h1-6,9H,7-8,10H2. The number of carbonyl (C=O) groups is 1. The quantitative estimate of drug-likeness (QED) is 0.693. The number of hydrogen-bond donors (Lipinski definition) is 0. The maximum atomic E-state index is 12.8. The number of hydrogen-bond acceptors (Lipinski definition) is 3. The molecule has 0 aromatic heterocycles. The highest BCUT2D eigenvalue weighted by Gasteiger charge is 2.26. The maximum Gasteiger partial charge on any atom is 0.261 e. The van der Waals surface area contributed by atoms with Crippen molar-refractivity contribution in [3.8, 4) is 0 Å². The van der Waals surface area contributed by atoms with E-state index in [9.17, 15) is 4.79 Å². The molecule has 3 rings (SSSR count).